The van der Waals surface area contributed by atoms with Crippen molar-refractivity contribution < 1.29 is 0 Å². The van der Waals surface area contributed by atoms with Gasteiger partial charge in [0.05, 0.1) is 0 Å². The SMILES string of the molecule is C/C=C(/C)C(=C/C=C(\C)c1cccc(C)c1)/C=N\C. The van der Waals surface area contributed by atoms with Crippen LogP contribution in [0.25, 0.3) is 5.57 Å². The zero-order chi connectivity index (χ0) is 14.3. The third kappa shape index (κ3) is 4.70. The normalized spacial score (nSPS) is 14.3. The average Bonchev–Trinajstić information content (AvgIpc) is 2.42. The fourth-order valence-corrected chi connectivity index (χ4v) is 1.78. The Kier molecular flexibility index (Phi) is 6.01. The molecule has 100 valence electrons. The highest BCUT2D eigenvalue weighted by atomic mass is 14.6. The van der Waals surface area contributed by atoms with Crippen molar-refractivity contribution in [2.75, 3.05) is 7.05 Å². The first kappa shape index (κ1) is 15.2. The van der Waals surface area contributed by atoms with Gasteiger partial charge in [0.25, 0.3) is 0 Å². The molecule has 0 unspecified atom stereocenters. The van der Waals surface area contributed by atoms with Crippen LogP contribution in [0, 0.1) is 6.92 Å². The molecule has 1 nitrogen and oxygen atoms in total. The van der Waals surface area contributed by atoms with Crippen molar-refractivity contribution >= 4 is 11.8 Å². The fraction of sp³-hybridized carbons (Fsp3) is 0.278. The molecular formula is C18H23N. The van der Waals surface area contributed by atoms with Crippen molar-refractivity contribution in [3.8, 4) is 0 Å². The van der Waals surface area contributed by atoms with E-state index in [1.165, 1.54) is 22.3 Å². The average molecular weight is 253 g/mol. The summed E-state index contributed by atoms with van der Waals surface area (Å²) in [4.78, 5) is 4.11. The number of aliphatic imine (C=N–C) groups is 1. The molecule has 0 saturated carbocycles. The minimum absolute atomic E-state index is 1.15. The first-order valence-electron chi connectivity index (χ1n) is 6.59. The largest absolute Gasteiger partial charge is 0.296 e. The highest BCUT2D eigenvalue weighted by Crippen LogP contribution is 2.16. The minimum Gasteiger partial charge on any atom is -0.296 e. The van der Waals surface area contributed by atoms with Crippen molar-refractivity contribution in [3.63, 3.8) is 0 Å². The van der Waals surface area contributed by atoms with Crippen LogP contribution in [0.3, 0.4) is 0 Å². The van der Waals surface area contributed by atoms with Gasteiger partial charge in [0.15, 0.2) is 0 Å². The molecule has 1 aromatic rings. The molecule has 0 atom stereocenters. The first-order chi connectivity index (χ1) is 9.08. The van der Waals surface area contributed by atoms with Crippen LogP contribution in [0.15, 0.2) is 58.6 Å². The molecule has 0 N–H and O–H groups in total. The Labute approximate surface area is 117 Å². The molecule has 0 amide bonds. The van der Waals surface area contributed by atoms with E-state index < -0.39 is 0 Å². The van der Waals surface area contributed by atoms with Gasteiger partial charge in [-0.25, -0.2) is 0 Å². The van der Waals surface area contributed by atoms with Crippen LogP contribution in [0.2, 0.25) is 0 Å². The van der Waals surface area contributed by atoms with Gasteiger partial charge in [-0.15, -0.1) is 0 Å². The van der Waals surface area contributed by atoms with Gasteiger partial charge in [0.2, 0.25) is 0 Å². The Bertz CT molecular complexity index is 543. The van der Waals surface area contributed by atoms with Crippen molar-refractivity contribution in [3.05, 3.63) is 64.8 Å². The van der Waals surface area contributed by atoms with E-state index in [4.69, 9.17) is 0 Å². The second-order valence-corrected chi connectivity index (χ2v) is 4.70. The predicted molar refractivity (Wildman–Crippen MR) is 86.8 cm³/mol. The Morgan fingerprint density at radius 2 is 1.89 bits per heavy atom. The van der Waals surface area contributed by atoms with E-state index >= 15 is 0 Å². The van der Waals surface area contributed by atoms with Crippen LogP contribution in [-0.4, -0.2) is 13.3 Å². The highest BCUT2D eigenvalue weighted by Gasteiger charge is 1.97. The lowest BCUT2D eigenvalue weighted by atomic mass is 10.0. The third-order valence-electron chi connectivity index (χ3n) is 3.14. The van der Waals surface area contributed by atoms with Gasteiger partial charge in [-0.1, -0.05) is 48.1 Å². The molecule has 0 radical (unpaired) electrons. The Morgan fingerprint density at radius 1 is 1.16 bits per heavy atom. The smallest absolute Gasteiger partial charge is 0.0283 e. The molecule has 0 aliphatic heterocycles. The molecule has 1 heteroatoms. The molecule has 0 aliphatic carbocycles. The minimum atomic E-state index is 1.15. The van der Waals surface area contributed by atoms with E-state index in [-0.39, 0.29) is 0 Å². The molecule has 1 rings (SSSR count). The lowest BCUT2D eigenvalue weighted by Gasteiger charge is -2.03. The molecule has 1 aromatic carbocycles. The second-order valence-electron chi connectivity index (χ2n) is 4.70. The van der Waals surface area contributed by atoms with Gasteiger partial charge in [0.1, 0.15) is 0 Å². The molecule has 19 heavy (non-hydrogen) atoms. The number of nitrogens with zero attached hydrogens (tertiary/aromatic N) is 1. The number of rotatable bonds is 4. The van der Waals surface area contributed by atoms with Gasteiger partial charge < -0.3 is 0 Å². The maximum Gasteiger partial charge on any atom is 0.0283 e. The van der Waals surface area contributed by atoms with E-state index in [0.717, 1.165) is 5.57 Å². The molecular weight excluding hydrogens is 230 g/mol. The number of allylic oxidation sites excluding steroid dienone is 6. The van der Waals surface area contributed by atoms with Crippen molar-refractivity contribution in [1.82, 2.24) is 0 Å². The zero-order valence-electron chi connectivity index (χ0n) is 12.6. The van der Waals surface area contributed by atoms with E-state index in [9.17, 15) is 0 Å². The summed E-state index contributed by atoms with van der Waals surface area (Å²) in [5.74, 6) is 0. The van der Waals surface area contributed by atoms with Gasteiger partial charge in [-0.2, -0.15) is 0 Å². The Hall–Kier alpha value is -1.89. The number of hydrogen-bond acceptors (Lipinski definition) is 1. The summed E-state index contributed by atoms with van der Waals surface area (Å²) in [7, 11) is 1.80. The quantitative estimate of drug-likeness (QED) is 0.529. The Balaban J connectivity index is 3.07. The van der Waals surface area contributed by atoms with Crippen LogP contribution >= 0.6 is 0 Å². The topological polar surface area (TPSA) is 12.4 Å². The Morgan fingerprint density at radius 3 is 2.47 bits per heavy atom. The standard InChI is InChI=1S/C18H23N/c1-6-15(3)18(13-19-5)11-10-16(4)17-9-7-8-14(2)12-17/h6-13H,1-5H3/b15-6-,16-10+,18-11+,19-13-. The maximum absolute atomic E-state index is 4.11. The number of aryl methyl sites for hydroxylation is 1. The summed E-state index contributed by atoms with van der Waals surface area (Å²) < 4.78 is 0. The van der Waals surface area contributed by atoms with E-state index in [1.54, 1.807) is 7.05 Å². The highest BCUT2D eigenvalue weighted by molar-refractivity contribution is 5.85. The fourth-order valence-electron chi connectivity index (χ4n) is 1.78. The maximum atomic E-state index is 4.11. The summed E-state index contributed by atoms with van der Waals surface area (Å²) in [5.41, 5.74) is 6.20. The van der Waals surface area contributed by atoms with Gasteiger partial charge >= 0.3 is 0 Å². The van der Waals surface area contributed by atoms with E-state index in [0.29, 0.717) is 0 Å². The van der Waals surface area contributed by atoms with Crippen LogP contribution in [0.4, 0.5) is 0 Å². The number of hydrogen-bond donors (Lipinski definition) is 0. The number of benzene rings is 1. The second kappa shape index (κ2) is 7.52. The lowest BCUT2D eigenvalue weighted by molar-refractivity contribution is 1.40. The van der Waals surface area contributed by atoms with Gasteiger partial charge in [-0.3, -0.25) is 4.99 Å². The van der Waals surface area contributed by atoms with Gasteiger partial charge in [-0.05, 0) is 50.0 Å². The van der Waals surface area contributed by atoms with Crippen LogP contribution in [0.5, 0.6) is 0 Å². The third-order valence-corrected chi connectivity index (χ3v) is 3.14. The summed E-state index contributed by atoms with van der Waals surface area (Å²) >= 11 is 0. The molecule has 0 aromatic heterocycles. The summed E-state index contributed by atoms with van der Waals surface area (Å²) in [6.07, 6.45) is 8.28. The van der Waals surface area contributed by atoms with Crippen molar-refractivity contribution in [1.29, 1.82) is 0 Å². The molecule has 0 aliphatic rings. The van der Waals surface area contributed by atoms with Crippen molar-refractivity contribution in [2.45, 2.75) is 27.7 Å². The van der Waals surface area contributed by atoms with Crippen LogP contribution in [-0.2, 0) is 0 Å². The molecule has 0 spiro atoms. The van der Waals surface area contributed by atoms with Crippen LogP contribution in [0.1, 0.15) is 31.9 Å². The molecule has 0 saturated heterocycles. The molecule has 0 fully saturated rings. The lowest BCUT2D eigenvalue weighted by Crippen LogP contribution is -1.87. The van der Waals surface area contributed by atoms with Crippen molar-refractivity contribution in [2.24, 2.45) is 4.99 Å². The molecule has 0 heterocycles. The van der Waals surface area contributed by atoms with Gasteiger partial charge in [0, 0.05) is 13.3 Å². The predicted octanol–water partition coefficient (Wildman–Crippen LogP) is 4.99. The van der Waals surface area contributed by atoms with Crippen LogP contribution < -0.4 is 0 Å². The zero-order valence-corrected chi connectivity index (χ0v) is 12.6. The van der Waals surface area contributed by atoms with E-state index in [1.807, 2.05) is 13.1 Å². The summed E-state index contributed by atoms with van der Waals surface area (Å²) in [6, 6.07) is 8.56. The monoisotopic (exact) mass is 253 g/mol. The van der Waals surface area contributed by atoms with E-state index in [2.05, 4.69) is 68.3 Å². The molecule has 0 bridgehead atoms. The summed E-state index contributed by atoms with van der Waals surface area (Å²) in [5, 5.41) is 0. The summed E-state index contributed by atoms with van der Waals surface area (Å²) in [6.45, 7) is 8.40. The first-order valence-corrected chi connectivity index (χ1v) is 6.59.